The fourth-order valence-corrected chi connectivity index (χ4v) is 4.24. The maximum Gasteiger partial charge on any atom is 0.307 e. The van der Waals surface area contributed by atoms with E-state index in [1.54, 1.807) is 41.9 Å². The molecule has 1 saturated heterocycles. The number of carboxylic acid groups (broad SMARTS) is 1. The smallest absolute Gasteiger partial charge is 0.307 e. The van der Waals surface area contributed by atoms with Crippen LogP contribution in [0, 0.1) is 0 Å². The van der Waals surface area contributed by atoms with Crippen molar-refractivity contribution in [2.24, 2.45) is 7.05 Å². The van der Waals surface area contributed by atoms with Crippen molar-refractivity contribution in [1.82, 2.24) is 9.88 Å². The lowest BCUT2D eigenvalue weighted by Crippen LogP contribution is -2.59. The van der Waals surface area contributed by atoms with Crippen molar-refractivity contribution in [2.75, 3.05) is 20.3 Å². The average molecular weight is 463 g/mol. The van der Waals surface area contributed by atoms with Crippen molar-refractivity contribution in [3.05, 3.63) is 63.3 Å². The van der Waals surface area contributed by atoms with E-state index in [0.717, 1.165) is 11.1 Å². The SMILES string of the molecule is COc1cc(CC(=O)O)ccc1C1(NC(=O)c2cc3c(Cl)c(Cl)ccc3n2C)COC1. The van der Waals surface area contributed by atoms with E-state index in [0.29, 0.717) is 32.4 Å². The van der Waals surface area contributed by atoms with Crippen molar-refractivity contribution >= 4 is 46.0 Å². The van der Waals surface area contributed by atoms with Gasteiger partial charge in [-0.2, -0.15) is 0 Å². The molecule has 9 heteroatoms. The van der Waals surface area contributed by atoms with E-state index in [2.05, 4.69) is 5.32 Å². The van der Waals surface area contributed by atoms with Crippen molar-refractivity contribution in [3.63, 3.8) is 0 Å². The lowest BCUT2D eigenvalue weighted by Gasteiger charge is -2.43. The summed E-state index contributed by atoms with van der Waals surface area (Å²) in [5.74, 6) is -0.737. The van der Waals surface area contributed by atoms with Crippen molar-refractivity contribution in [2.45, 2.75) is 12.0 Å². The van der Waals surface area contributed by atoms with Crippen LogP contribution in [0.3, 0.4) is 0 Å². The van der Waals surface area contributed by atoms with Gasteiger partial charge in [0.25, 0.3) is 5.91 Å². The number of fused-ring (bicyclic) bond motifs is 1. The summed E-state index contributed by atoms with van der Waals surface area (Å²) in [5, 5.41) is 13.6. The third kappa shape index (κ3) is 3.73. The fourth-order valence-electron chi connectivity index (χ4n) is 3.87. The lowest BCUT2D eigenvalue weighted by molar-refractivity contribution is -0.136. The molecule has 1 aliphatic rings. The quantitative estimate of drug-likeness (QED) is 0.581. The second-order valence-corrected chi connectivity index (χ2v) is 8.30. The molecule has 162 valence electrons. The highest BCUT2D eigenvalue weighted by Crippen LogP contribution is 2.38. The number of benzene rings is 2. The monoisotopic (exact) mass is 462 g/mol. The van der Waals surface area contributed by atoms with Crippen LogP contribution in [0.15, 0.2) is 36.4 Å². The van der Waals surface area contributed by atoms with Gasteiger partial charge in [-0.15, -0.1) is 0 Å². The van der Waals surface area contributed by atoms with Gasteiger partial charge in [-0.05, 0) is 29.8 Å². The van der Waals surface area contributed by atoms with Crippen LogP contribution in [0.5, 0.6) is 5.75 Å². The molecule has 1 fully saturated rings. The highest BCUT2D eigenvalue weighted by molar-refractivity contribution is 6.45. The molecule has 0 atom stereocenters. The number of halogens is 2. The Morgan fingerprint density at radius 1 is 1.23 bits per heavy atom. The molecule has 0 saturated carbocycles. The predicted octanol–water partition coefficient (Wildman–Crippen LogP) is 3.78. The Morgan fingerprint density at radius 3 is 2.58 bits per heavy atom. The Labute approximate surface area is 188 Å². The number of hydrogen-bond donors (Lipinski definition) is 2. The molecule has 0 spiro atoms. The maximum absolute atomic E-state index is 13.2. The minimum Gasteiger partial charge on any atom is -0.496 e. The average Bonchev–Trinajstić information content (AvgIpc) is 3.04. The maximum atomic E-state index is 13.2. The molecule has 3 aromatic rings. The van der Waals surface area contributed by atoms with Gasteiger partial charge in [0.05, 0.1) is 36.8 Å². The number of carbonyl (C=O) groups excluding carboxylic acids is 1. The van der Waals surface area contributed by atoms with E-state index in [-0.39, 0.29) is 25.5 Å². The molecule has 1 amide bonds. The second-order valence-electron chi connectivity index (χ2n) is 7.52. The molecular weight excluding hydrogens is 443 g/mol. The van der Waals surface area contributed by atoms with E-state index in [1.807, 2.05) is 6.07 Å². The van der Waals surface area contributed by atoms with Crippen molar-refractivity contribution in [1.29, 1.82) is 0 Å². The van der Waals surface area contributed by atoms with Gasteiger partial charge >= 0.3 is 5.97 Å². The first-order chi connectivity index (χ1) is 14.8. The number of carboxylic acids is 1. The van der Waals surface area contributed by atoms with Crippen LogP contribution in [0.25, 0.3) is 10.9 Å². The van der Waals surface area contributed by atoms with Gasteiger partial charge in [-0.3, -0.25) is 9.59 Å². The first kappa shape index (κ1) is 21.5. The van der Waals surface area contributed by atoms with Gasteiger partial charge in [0.1, 0.15) is 17.0 Å². The molecule has 31 heavy (non-hydrogen) atoms. The normalized spacial score (nSPS) is 14.8. The van der Waals surface area contributed by atoms with Crippen LogP contribution in [-0.2, 0) is 28.5 Å². The van der Waals surface area contributed by atoms with E-state index in [4.69, 9.17) is 37.8 Å². The molecule has 1 aromatic heterocycles. The second kappa shape index (κ2) is 8.07. The zero-order valence-electron chi connectivity index (χ0n) is 16.9. The van der Waals surface area contributed by atoms with Crippen LogP contribution < -0.4 is 10.1 Å². The Bertz CT molecular complexity index is 1200. The Hall–Kier alpha value is -2.74. The molecule has 4 rings (SSSR count). The van der Waals surface area contributed by atoms with E-state index < -0.39 is 11.5 Å². The van der Waals surface area contributed by atoms with E-state index in [9.17, 15) is 9.59 Å². The molecule has 0 radical (unpaired) electrons. The first-order valence-electron chi connectivity index (χ1n) is 9.48. The van der Waals surface area contributed by atoms with Gasteiger partial charge in [0, 0.05) is 23.5 Å². The predicted molar refractivity (Wildman–Crippen MR) is 117 cm³/mol. The number of ether oxygens (including phenoxy) is 2. The van der Waals surface area contributed by atoms with Crippen LogP contribution in [-0.4, -0.2) is 41.9 Å². The highest BCUT2D eigenvalue weighted by Gasteiger charge is 2.44. The minimum absolute atomic E-state index is 0.119. The summed E-state index contributed by atoms with van der Waals surface area (Å²) in [6.07, 6.45) is -0.119. The van der Waals surface area contributed by atoms with Gasteiger partial charge in [0.2, 0.25) is 0 Å². The van der Waals surface area contributed by atoms with Crippen LogP contribution in [0.1, 0.15) is 21.6 Å². The number of amides is 1. The molecule has 0 unspecified atom stereocenters. The topological polar surface area (TPSA) is 89.8 Å². The summed E-state index contributed by atoms with van der Waals surface area (Å²) in [5.41, 5.74) is 1.75. The molecule has 0 bridgehead atoms. The molecule has 2 heterocycles. The van der Waals surface area contributed by atoms with Gasteiger partial charge in [0.15, 0.2) is 0 Å². The summed E-state index contributed by atoms with van der Waals surface area (Å²) >= 11 is 12.4. The Kier molecular flexibility index (Phi) is 5.60. The molecule has 2 aromatic carbocycles. The zero-order valence-corrected chi connectivity index (χ0v) is 18.4. The lowest BCUT2D eigenvalue weighted by atomic mass is 9.86. The Balaban J connectivity index is 1.69. The highest BCUT2D eigenvalue weighted by atomic mass is 35.5. The molecule has 0 aliphatic carbocycles. The van der Waals surface area contributed by atoms with Gasteiger partial charge in [-0.1, -0.05) is 35.3 Å². The molecule has 1 aliphatic heterocycles. The number of nitrogens with one attached hydrogen (secondary N) is 1. The third-order valence-corrected chi connectivity index (χ3v) is 6.35. The molecule has 2 N–H and O–H groups in total. The van der Waals surface area contributed by atoms with Crippen LogP contribution >= 0.6 is 23.2 Å². The number of aromatic nitrogens is 1. The molecule has 7 nitrogen and oxygen atoms in total. The number of methoxy groups -OCH3 is 1. The van der Waals surface area contributed by atoms with Crippen LogP contribution in [0.4, 0.5) is 0 Å². The zero-order chi connectivity index (χ0) is 22.3. The Morgan fingerprint density at radius 2 is 1.97 bits per heavy atom. The summed E-state index contributed by atoms with van der Waals surface area (Å²) in [4.78, 5) is 24.3. The number of aliphatic carboxylic acids is 1. The minimum atomic E-state index is -0.931. The van der Waals surface area contributed by atoms with Crippen LogP contribution in [0.2, 0.25) is 10.0 Å². The number of nitrogens with zero attached hydrogens (tertiary/aromatic N) is 1. The summed E-state index contributed by atoms with van der Waals surface area (Å²) in [7, 11) is 3.29. The summed E-state index contributed by atoms with van der Waals surface area (Å²) in [6.45, 7) is 0.536. The van der Waals surface area contributed by atoms with E-state index in [1.165, 1.54) is 7.11 Å². The summed E-state index contributed by atoms with van der Waals surface area (Å²) < 4.78 is 12.7. The number of aryl methyl sites for hydroxylation is 1. The summed E-state index contributed by atoms with van der Waals surface area (Å²) in [6, 6.07) is 10.4. The number of carbonyl (C=O) groups is 2. The third-order valence-electron chi connectivity index (χ3n) is 5.53. The van der Waals surface area contributed by atoms with E-state index >= 15 is 0 Å². The number of hydrogen-bond acceptors (Lipinski definition) is 4. The standard InChI is InChI=1S/C22H20Cl2N2O5/c1-26-16-6-5-15(23)20(24)13(16)9-17(26)21(29)25-22(10-31-11-22)14-4-3-12(8-19(27)28)7-18(14)30-2/h3-7,9H,8,10-11H2,1-2H3,(H,25,29)(H,27,28). The van der Waals surface area contributed by atoms with Crippen molar-refractivity contribution in [3.8, 4) is 5.75 Å². The largest absolute Gasteiger partial charge is 0.496 e. The number of rotatable bonds is 6. The van der Waals surface area contributed by atoms with Crippen molar-refractivity contribution < 1.29 is 24.2 Å². The first-order valence-corrected chi connectivity index (χ1v) is 10.2. The molecular formula is C22H20Cl2N2O5. The van der Waals surface area contributed by atoms with Gasteiger partial charge < -0.3 is 24.5 Å². The van der Waals surface area contributed by atoms with Gasteiger partial charge in [-0.25, -0.2) is 0 Å². The fraction of sp³-hybridized carbons (Fsp3) is 0.273.